The van der Waals surface area contributed by atoms with Gasteiger partial charge in [-0.2, -0.15) is 0 Å². The molecule has 0 saturated heterocycles. The third-order valence-electron chi connectivity index (χ3n) is 2.34. The molecule has 1 atom stereocenters. The van der Waals surface area contributed by atoms with Gasteiger partial charge in [-0.3, -0.25) is 14.4 Å². The third kappa shape index (κ3) is 3.06. The summed E-state index contributed by atoms with van der Waals surface area (Å²) in [7, 11) is 0.579. The normalized spacial score (nSPS) is 12.2. The number of carbonyl (C=O) groups excluding carboxylic acids is 1. The Bertz CT molecular complexity index is 659. The van der Waals surface area contributed by atoms with Crippen LogP contribution in [-0.2, 0) is 35.6 Å². The van der Waals surface area contributed by atoms with E-state index in [2.05, 4.69) is 0 Å². The summed E-state index contributed by atoms with van der Waals surface area (Å²) in [5.74, 6) is 3.20. The van der Waals surface area contributed by atoms with Crippen LogP contribution >= 0.6 is 0 Å². The van der Waals surface area contributed by atoms with Gasteiger partial charge in [0.05, 0.1) is 10.8 Å². The van der Waals surface area contributed by atoms with Crippen molar-refractivity contribution in [1.82, 2.24) is 19.1 Å². The molecule has 1 rings (SSSR count). The van der Waals surface area contributed by atoms with Crippen molar-refractivity contribution in [3.63, 3.8) is 0 Å². The highest BCUT2D eigenvalue weighted by Gasteiger charge is 2.14. The molecule has 0 saturated carbocycles. The topological polar surface area (TPSA) is 138 Å². The average Bonchev–Trinajstić information content (AvgIpc) is 2.39. The lowest BCUT2D eigenvalue weighted by atomic mass is 10.8. The highest BCUT2D eigenvalue weighted by atomic mass is 32.2. The summed E-state index contributed by atoms with van der Waals surface area (Å²) in [6, 6.07) is 0. The molecule has 106 valence electrons. The van der Waals surface area contributed by atoms with E-state index in [1.807, 2.05) is 0 Å². The number of hydrogen-bond donors (Lipinski definition) is 2. The van der Waals surface area contributed by atoms with Crippen LogP contribution in [0.15, 0.2) is 14.4 Å². The minimum Gasteiger partial charge on any atom is -0.293 e. The van der Waals surface area contributed by atoms with Crippen LogP contribution in [-0.4, -0.2) is 29.6 Å². The number of hydrazine groups is 1. The van der Waals surface area contributed by atoms with Crippen molar-refractivity contribution < 1.29 is 9.00 Å². The molecule has 19 heavy (non-hydrogen) atoms. The van der Waals surface area contributed by atoms with E-state index in [0.29, 0.717) is 13.7 Å². The van der Waals surface area contributed by atoms with Crippen LogP contribution in [0.5, 0.6) is 0 Å². The Labute approximate surface area is 108 Å². The van der Waals surface area contributed by atoms with Crippen molar-refractivity contribution in [1.29, 1.82) is 0 Å². The summed E-state index contributed by atoms with van der Waals surface area (Å²) in [6.45, 7) is 0. The molecular formula is C8H13N5O5S. The number of carbonyl (C=O) groups is 1. The molecule has 0 aliphatic carbocycles. The molecular weight excluding hydrogens is 278 g/mol. The molecule has 1 aromatic rings. The lowest BCUT2D eigenvalue weighted by Gasteiger charge is -2.08. The van der Waals surface area contributed by atoms with E-state index < -0.39 is 45.4 Å². The SMILES string of the molecule is Cn1c(=O)n(C)c(=O)n(CS(=O)CC(=O)NN)c1=O. The third-order valence-corrected chi connectivity index (χ3v) is 3.47. The number of nitrogens with two attached hydrogens (primary N) is 1. The zero-order valence-electron chi connectivity index (χ0n) is 10.3. The van der Waals surface area contributed by atoms with Gasteiger partial charge in [0, 0.05) is 14.1 Å². The highest BCUT2D eigenvalue weighted by molar-refractivity contribution is 7.84. The fourth-order valence-electron chi connectivity index (χ4n) is 1.32. The molecule has 1 aromatic heterocycles. The Morgan fingerprint density at radius 1 is 1.16 bits per heavy atom. The maximum absolute atomic E-state index is 11.7. The molecule has 0 spiro atoms. The molecule has 1 heterocycles. The molecule has 0 fully saturated rings. The Morgan fingerprint density at radius 3 is 2.05 bits per heavy atom. The Hall–Kier alpha value is -2.01. The van der Waals surface area contributed by atoms with Crippen molar-refractivity contribution in [3.8, 4) is 0 Å². The van der Waals surface area contributed by atoms with E-state index in [0.717, 1.165) is 0 Å². The van der Waals surface area contributed by atoms with Crippen LogP contribution in [0.3, 0.4) is 0 Å². The molecule has 11 heteroatoms. The number of rotatable bonds is 4. The van der Waals surface area contributed by atoms with Gasteiger partial charge in [-0.15, -0.1) is 0 Å². The zero-order chi connectivity index (χ0) is 14.7. The standard InChI is InChI=1S/C8H13N5O5S/c1-11-6(15)12(2)8(17)13(7(11)16)4-19(18)3-5(14)10-9/h3-4,9H2,1-2H3,(H,10,14). The van der Waals surface area contributed by atoms with Gasteiger partial charge >= 0.3 is 17.1 Å². The summed E-state index contributed by atoms with van der Waals surface area (Å²) in [4.78, 5) is 45.8. The van der Waals surface area contributed by atoms with Crippen LogP contribution in [0.2, 0.25) is 0 Å². The number of hydrogen-bond acceptors (Lipinski definition) is 6. The molecule has 0 aliphatic rings. The minimum atomic E-state index is -1.80. The lowest BCUT2D eigenvalue weighted by Crippen LogP contribution is -2.53. The maximum Gasteiger partial charge on any atom is 0.336 e. The van der Waals surface area contributed by atoms with Crippen LogP contribution in [0.1, 0.15) is 0 Å². The first kappa shape index (κ1) is 15.0. The van der Waals surface area contributed by atoms with E-state index in [-0.39, 0.29) is 0 Å². The number of nitrogens with zero attached hydrogens (tertiary/aromatic N) is 3. The van der Waals surface area contributed by atoms with E-state index in [1.54, 1.807) is 5.43 Å². The average molecular weight is 291 g/mol. The number of amides is 1. The molecule has 1 amide bonds. The molecule has 0 bridgehead atoms. The van der Waals surface area contributed by atoms with Crippen molar-refractivity contribution >= 4 is 16.7 Å². The molecule has 10 nitrogen and oxygen atoms in total. The first-order valence-corrected chi connectivity index (χ1v) is 6.49. The Balaban J connectivity index is 3.20. The van der Waals surface area contributed by atoms with Gasteiger partial charge in [-0.25, -0.2) is 33.9 Å². The smallest absolute Gasteiger partial charge is 0.293 e. The monoisotopic (exact) mass is 291 g/mol. The van der Waals surface area contributed by atoms with Crippen molar-refractivity contribution in [3.05, 3.63) is 31.5 Å². The maximum atomic E-state index is 11.7. The van der Waals surface area contributed by atoms with E-state index in [4.69, 9.17) is 5.84 Å². The second-order valence-electron chi connectivity index (χ2n) is 3.67. The largest absolute Gasteiger partial charge is 0.336 e. The molecule has 3 N–H and O–H groups in total. The van der Waals surface area contributed by atoms with E-state index in [1.165, 1.54) is 14.1 Å². The summed E-state index contributed by atoms with van der Waals surface area (Å²) in [6.07, 6.45) is 0. The minimum absolute atomic E-state index is 0.449. The van der Waals surface area contributed by atoms with Crippen LogP contribution < -0.4 is 28.3 Å². The first-order chi connectivity index (χ1) is 8.79. The van der Waals surface area contributed by atoms with E-state index in [9.17, 15) is 23.4 Å². The highest BCUT2D eigenvalue weighted by Crippen LogP contribution is 1.84. The van der Waals surface area contributed by atoms with Crippen LogP contribution in [0.4, 0.5) is 0 Å². The van der Waals surface area contributed by atoms with Crippen molar-refractivity contribution in [2.45, 2.75) is 5.88 Å². The van der Waals surface area contributed by atoms with Gasteiger partial charge in [0.15, 0.2) is 0 Å². The summed E-state index contributed by atoms with van der Waals surface area (Å²) < 4.78 is 13.6. The molecule has 0 aromatic carbocycles. The van der Waals surface area contributed by atoms with Gasteiger partial charge in [0.1, 0.15) is 11.6 Å². The van der Waals surface area contributed by atoms with Crippen molar-refractivity contribution in [2.75, 3.05) is 5.75 Å². The predicted octanol–water partition coefficient (Wildman–Crippen LogP) is -4.06. The summed E-state index contributed by atoms with van der Waals surface area (Å²) >= 11 is 0. The Kier molecular flexibility index (Phi) is 4.56. The van der Waals surface area contributed by atoms with Gasteiger partial charge in [-0.1, -0.05) is 0 Å². The predicted molar refractivity (Wildman–Crippen MR) is 66.5 cm³/mol. The van der Waals surface area contributed by atoms with Gasteiger partial charge in [-0.05, 0) is 0 Å². The van der Waals surface area contributed by atoms with Crippen molar-refractivity contribution in [2.24, 2.45) is 19.9 Å². The van der Waals surface area contributed by atoms with Gasteiger partial charge in [0.2, 0.25) is 5.91 Å². The summed E-state index contributed by atoms with van der Waals surface area (Å²) in [5.41, 5.74) is -0.784. The second kappa shape index (κ2) is 5.75. The molecule has 1 unspecified atom stereocenters. The van der Waals surface area contributed by atoms with Gasteiger partial charge in [0.25, 0.3) is 0 Å². The molecule has 0 radical (unpaired) electrons. The molecule has 0 aliphatic heterocycles. The fraction of sp³-hybridized carbons (Fsp3) is 0.500. The van der Waals surface area contributed by atoms with Crippen LogP contribution in [0, 0.1) is 0 Å². The number of nitrogens with one attached hydrogen (secondary N) is 1. The quantitative estimate of drug-likeness (QED) is 0.329. The fourth-order valence-corrected chi connectivity index (χ4v) is 2.30. The first-order valence-electron chi connectivity index (χ1n) is 5.01. The Morgan fingerprint density at radius 2 is 1.63 bits per heavy atom. The van der Waals surface area contributed by atoms with E-state index >= 15 is 0 Å². The number of aromatic nitrogens is 3. The second-order valence-corrected chi connectivity index (χ2v) is 5.10. The zero-order valence-corrected chi connectivity index (χ0v) is 11.1. The lowest BCUT2D eigenvalue weighted by molar-refractivity contribution is -0.118. The van der Waals surface area contributed by atoms with Crippen LogP contribution in [0.25, 0.3) is 0 Å². The van der Waals surface area contributed by atoms with Gasteiger partial charge < -0.3 is 0 Å². The summed E-state index contributed by atoms with van der Waals surface area (Å²) in [5, 5.41) is 0.